The van der Waals surface area contributed by atoms with Gasteiger partial charge in [-0.05, 0) is 37.7 Å². The van der Waals surface area contributed by atoms with Crippen molar-refractivity contribution >= 4 is 29.1 Å². The standard InChI is InChI=1S/C13H18N2O2S/c1-13(6-3-7-18-13)8-15-10-5-2-4-9(11(10)14)12(16)17/h2,4-5,15H,3,6-8,14H2,1H3,(H,16,17). The first-order chi connectivity index (χ1) is 8.52. The molecule has 0 saturated carbocycles. The average Bonchev–Trinajstić information content (AvgIpc) is 2.75. The second kappa shape index (κ2) is 5.10. The van der Waals surface area contributed by atoms with E-state index >= 15 is 0 Å². The Morgan fingerprint density at radius 1 is 1.61 bits per heavy atom. The van der Waals surface area contributed by atoms with Gasteiger partial charge in [0, 0.05) is 11.3 Å². The van der Waals surface area contributed by atoms with E-state index in [1.807, 2.05) is 17.8 Å². The molecule has 4 nitrogen and oxygen atoms in total. The molecule has 1 atom stereocenters. The maximum Gasteiger partial charge on any atom is 0.337 e. The molecule has 1 aliphatic heterocycles. The molecule has 0 spiro atoms. The summed E-state index contributed by atoms with van der Waals surface area (Å²) in [5, 5.41) is 12.3. The van der Waals surface area contributed by atoms with Crippen molar-refractivity contribution < 1.29 is 9.90 Å². The third kappa shape index (κ3) is 2.72. The third-order valence-electron chi connectivity index (χ3n) is 3.29. The highest BCUT2D eigenvalue weighted by Crippen LogP contribution is 2.38. The number of hydrogen-bond donors (Lipinski definition) is 3. The van der Waals surface area contributed by atoms with Crippen molar-refractivity contribution in [3.8, 4) is 0 Å². The van der Waals surface area contributed by atoms with Crippen LogP contribution in [0.2, 0.25) is 0 Å². The van der Waals surface area contributed by atoms with E-state index < -0.39 is 5.97 Å². The van der Waals surface area contributed by atoms with Gasteiger partial charge in [0.05, 0.1) is 16.9 Å². The van der Waals surface area contributed by atoms with Gasteiger partial charge in [-0.3, -0.25) is 0 Å². The molecule has 0 aromatic heterocycles. The molecule has 1 aliphatic rings. The van der Waals surface area contributed by atoms with E-state index in [4.69, 9.17) is 10.8 Å². The molecular formula is C13H18N2O2S. The molecule has 0 aliphatic carbocycles. The van der Waals surface area contributed by atoms with Crippen molar-refractivity contribution in [1.82, 2.24) is 0 Å². The first-order valence-electron chi connectivity index (χ1n) is 6.01. The highest BCUT2D eigenvalue weighted by Gasteiger charge is 2.29. The van der Waals surface area contributed by atoms with Gasteiger partial charge in [-0.1, -0.05) is 6.07 Å². The van der Waals surface area contributed by atoms with Gasteiger partial charge in [-0.25, -0.2) is 4.79 Å². The maximum absolute atomic E-state index is 11.0. The zero-order valence-electron chi connectivity index (χ0n) is 10.4. The largest absolute Gasteiger partial charge is 0.478 e. The van der Waals surface area contributed by atoms with Gasteiger partial charge in [0.25, 0.3) is 0 Å². The summed E-state index contributed by atoms with van der Waals surface area (Å²) in [5.74, 6) is 0.209. The number of benzene rings is 1. The smallest absolute Gasteiger partial charge is 0.337 e. The van der Waals surface area contributed by atoms with Gasteiger partial charge in [0.1, 0.15) is 0 Å². The number of carboxylic acid groups (broad SMARTS) is 1. The Morgan fingerprint density at radius 2 is 2.39 bits per heavy atom. The first kappa shape index (κ1) is 13.1. The van der Waals surface area contributed by atoms with E-state index in [9.17, 15) is 4.79 Å². The van der Waals surface area contributed by atoms with Gasteiger partial charge < -0.3 is 16.2 Å². The maximum atomic E-state index is 11.0. The minimum atomic E-state index is -0.988. The molecule has 1 aromatic carbocycles. The van der Waals surface area contributed by atoms with Gasteiger partial charge >= 0.3 is 5.97 Å². The van der Waals surface area contributed by atoms with E-state index in [0.29, 0.717) is 11.4 Å². The number of hydrogen-bond acceptors (Lipinski definition) is 4. The van der Waals surface area contributed by atoms with Crippen molar-refractivity contribution in [3.05, 3.63) is 23.8 Å². The fourth-order valence-corrected chi connectivity index (χ4v) is 3.41. The fraction of sp³-hybridized carbons (Fsp3) is 0.462. The molecule has 0 radical (unpaired) electrons. The van der Waals surface area contributed by atoms with Crippen molar-refractivity contribution in [2.45, 2.75) is 24.5 Å². The molecule has 1 fully saturated rings. The normalized spacial score (nSPS) is 22.9. The Hall–Kier alpha value is -1.36. The number of anilines is 2. The molecule has 4 N–H and O–H groups in total. The Kier molecular flexibility index (Phi) is 3.71. The van der Waals surface area contributed by atoms with Gasteiger partial charge in [0.15, 0.2) is 0 Å². The summed E-state index contributed by atoms with van der Waals surface area (Å²) in [6.07, 6.45) is 2.43. The minimum absolute atomic E-state index is 0.157. The van der Waals surface area contributed by atoms with E-state index in [2.05, 4.69) is 12.2 Å². The number of rotatable bonds is 4. The zero-order chi connectivity index (χ0) is 13.2. The minimum Gasteiger partial charge on any atom is -0.478 e. The lowest BCUT2D eigenvalue weighted by Gasteiger charge is -2.24. The molecule has 1 saturated heterocycles. The lowest BCUT2D eigenvalue weighted by Crippen LogP contribution is -2.27. The molecule has 1 heterocycles. The first-order valence-corrected chi connectivity index (χ1v) is 7.00. The van der Waals surface area contributed by atoms with Crippen LogP contribution in [0.25, 0.3) is 0 Å². The number of para-hydroxylation sites is 1. The highest BCUT2D eigenvalue weighted by atomic mass is 32.2. The van der Waals surface area contributed by atoms with Crippen LogP contribution < -0.4 is 11.1 Å². The highest BCUT2D eigenvalue weighted by molar-refractivity contribution is 8.00. The van der Waals surface area contributed by atoms with E-state index in [0.717, 1.165) is 6.54 Å². The fourth-order valence-electron chi connectivity index (χ4n) is 2.16. The predicted molar refractivity (Wildman–Crippen MR) is 76.4 cm³/mol. The summed E-state index contributed by atoms with van der Waals surface area (Å²) in [6.45, 7) is 3.04. The average molecular weight is 266 g/mol. The van der Waals surface area contributed by atoms with Crippen LogP contribution in [0, 0.1) is 0 Å². The number of carbonyl (C=O) groups is 1. The monoisotopic (exact) mass is 266 g/mol. The molecule has 0 amide bonds. The van der Waals surface area contributed by atoms with E-state index in [1.165, 1.54) is 24.7 Å². The van der Waals surface area contributed by atoms with Gasteiger partial charge in [-0.15, -0.1) is 0 Å². The number of nitrogen functional groups attached to an aromatic ring is 1. The van der Waals surface area contributed by atoms with Crippen LogP contribution in [0.15, 0.2) is 18.2 Å². The second-order valence-corrected chi connectivity index (χ2v) is 6.51. The van der Waals surface area contributed by atoms with Crippen LogP contribution in [0.1, 0.15) is 30.1 Å². The zero-order valence-corrected chi connectivity index (χ0v) is 11.2. The third-order valence-corrected chi connectivity index (χ3v) is 4.83. The molecule has 1 unspecified atom stereocenters. The van der Waals surface area contributed by atoms with Crippen molar-refractivity contribution in [2.24, 2.45) is 0 Å². The molecule has 18 heavy (non-hydrogen) atoms. The Labute approximate surface area is 111 Å². The van der Waals surface area contributed by atoms with Crippen molar-refractivity contribution in [3.63, 3.8) is 0 Å². The SMILES string of the molecule is CC1(CNc2cccc(C(=O)O)c2N)CCCS1. The number of aromatic carboxylic acids is 1. The van der Waals surface area contributed by atoms with Gasteiger partial charge in [0.2, 0.25) is 0 Å². The van der Waals surface area contributed by atoms with Crippen LogP contribution in [0.4, 0.5) is 11.4 Å². The lowest BCUT2D eigenvalue weighted by molar-refractivity contribution is 0.0698. The molecular weight excluding hydrogens is 248 g/mol. The number of nitrogens with two attached hydrogens (primary N) is 1. The summed E-state index contributed by atoms with van der Waals surface area (Å²) < 4.78 is 0.228. The summed E-state index contributed by atoms with van der Waals surface area (Å²) in [7, 11) is 0. The quantitative estimate of drug-likeness (QED) is 0.730. The van der Waals surface area contributed by atoms with E-state index in [1.54, 1.807) is 6.07 Å². The van der Waals surface area contributed by atoms with Crippen LogP contribution in [-0.4, -0.2) is 28.1 Å². The Balaban J connectivity index is 2.10. The summed E-state index contributed by atoms with van der Waals surface area (Å²) in [4.78, 5) is 11.0. The second-order valence-electron chi connectivity index (χ2n) is 4.83. The summed E-state index contributed by atoms with van der Waals surface area (Å²) in [6, 6.07) is 5.06. The topological polar surface area (TPSA) is 75.3 Å². The Bertz CT molecular complexity index is 456. The van der Waals surface area contributed by atoms with Crippen LogP contribution in [0.3, 0.4) is 0 Å². The number of carboxylic acids is 1. The molecule has 98 valence electrons. The number of nitrogens with one attached hydrogen (secondary N) is 1. The molecule has 0 bridgehead atoms. The van der Waals surface area contributed by atoms with Crippen LogP contribution in [0.5, 0.6) is 0 Å². The van der Waals surface area contributed by atoms with Gasteiger partial charge in [-0.2, -0.15) is 11.8 Å². The lowest BCUT2D eigenvalue weighted by atomic mass is 10.1. The Morgan fingerprint density at radius 3 is 3.00 bits per heavy atom. The summed E-state index contributed by atoms with van der Waals surface area (Å²) >= 11 is 1.96. The molecule has 5 heteroatoms. The molecule has 1 aromatic rings. The van der Waals surface area contributed by atoms with Crippen LogP contribution in [-0.2, 0) is 0 Å². The number of thioether (sulfide) groups is 1. The van der Waals surface area contributed by atoms with E-state index in [-0.39, 0.29) is 10.3 Å². The van der Waals surface area contributed by atoms with Crippen molar-refractivity contribution in [2.75, 3.05) is 23.3 Å². The summed E-state index contributed by atoms with van der Waals surface area (Å²) in [5.41, 5.74) is 7.05. The van der Waals surface area contributed by atoms with Crippen LogP contribution >= 0.6 is 11.8 Å². The molecule has 2 rings (SSSR count). The predicted octanol–water partition coefficient (Wildman–Crippen LogP) is 2.66. The van der Waals surface area contributed by atoms with Crippen molar-refractivity contribution in [1.29, 1.82) is 0 Å².